The molecule has 0 unspecified atom stereocenters. The summed E-state index contributed by atoms with van der Waals surface area (Å²) < 4.78 is 66.5. The van der Waals surface area contributed by atoms with E-state index < -0.39 is 56.3 Å². The molecule has 3 N–H and O–H groups in total. The van der Waals surface area contributed by atoms with Crippen LogP contribution in [0.5, 0.6) is 0 Å². The number of guanidine groups is 1. The fourth-order valence-corrected chi connectivity index (χ4v) is 4.39. The van der Waals surface area contributed by atoms with E-state index in [0.717, 1.165) is 10.4 Å². The molecule has 0 saturated carbocycles. The van der Waals surface area contributed by atoms with Crippen LogP contribution < -0.4 is 10.6 Å². The van der Waals surface area contributed by atoms with Gasteiger partial charge in [0.25, 0.3) is 5.91 Å². The number of nitrogens with one attached hydrogen (secondary N) is 3. The van der Waals surface area contributed by atoms with Crippen molar-refractivity contribution in [1.29, 1.82) is 5.41 Å². The summed E-state index contributed by atoms with van der Waals surface area (Å²) in [5, 5.41) is 12.8. The fourth-order valence-electron chi connectivity index (χ4n) is 2.92. The number of anilines is 1. The molecular formula is C17H16F3N5O3S. The monoisotopic (exact) mass is 427 g/mol. The van der Waals surface area contributed by atoms with Crippen molar-refractivity contribution in [2.45, 2.75) is 12.5 Å². The molecule has 12 heteroatoms. The number of nitrogens with zero attached hydrogens (tertiary/aromatic N) is 2. The maximum atomic E-state index is 14.5. The van der Waals surface area contributed by atoms with E-state index >= 15 is 0 Å². The zero-order chi connectivity index (χ0) is 21.6. The molecule has 1 atom stereocenters. The van der Waals surface area contributed by atoms with Gasteiger partial charge >= 0.3 is 0 Å². The van der Waals surface area contributed by atoms with Gasteiger partial charge in [0.1, 0.15) is 11.6 Å². The predicted octanol–water partition coefficient (Wildman–Crippen LogP) is 1.77. The van der Waals surface area contributed by atoms with Gasteiger partial charge in [-0.1, -0.05) is 0 Å². The standard InChI is InChI=1S/C17H16F3N5O3S/c1-17(8-29(27,28)25(2)16(21)24-17)11-6-10(3-4-12(11)19)23-15(26)14-13(20)5-9(18)7-22-14/h3-7H,8H2,1-2H3,(H2,21,24)(H,23,26)/t17-/m0/s1. The molecule has 1 aromatic carbocycles. The second-order valence-electron chi connectivity index (χ2n) is 6.66. The van der Waals surface area contributed by atoms with Crippen LogP contribution in [0.4, 0.5) is 18.9 Å². The molecule has 2 aromatic rings. The summed E-state index contributed by atoms with van der Waals surface area (Å²) in [6.07, 6.45) is 0.675. The van der Waals surface area contributed by atoms with Crippen LogP contribution in [0.2, 0.25) is 0 Å². The third-order valence-electron chi connectivity index (χ3n) is 4.44. The number of hydrogen-bond acceptors (Lipinski definition) is 5. The zero-order valence-electron chi connectivity index (χ0n) is 15.3. The topological polar surface area (TPSA) is 115 Å². The van der Waals surface area contributed by atoms with Crippen LogP contribution in [0.25, 0.3) is 0 Å². The quantitative estimate of drug-likeness (QED) is 0.691. The largest absolute Gasteiger partial charge is 0.345 e. The number of rotatable bonds is 3. The minimum atomic E-state index is -3.87. The highest BCUT2D eigenvalue weighted by molar-refractivity contribution is 7.89. The molecule has 1 aromatic heterocycles. The number of sulfonamides is 1. The van der Waals surface area contributed by atoms with Crippen LogP contribution in [0.15, 0.2) is 30.5 Å². The van der Waals surface area contributed by atoms with E-state index in [-0.39, 0.29) is 11.3 Å². The fraction of sp³-hybridized carbons (Fsp3) is 0.235. The van der Waals surface area contributed by atoms with E-state index in [4.69, 9.17) is 5.41 Å². The molecule has 2 heterocycles. The van der Waals surface area contributed by atoms with Gasteiger partial charge in [-0.15, -0.1) is 0 Å². The Morgan fingerprint density at radius 2 is 1.97 bits per heavy atom. The van der Waals surface area contributed by atoms with Crippen molar-refractivity contribution in [3.05, 3.63) is 59.2 Å². The van der Waals surface area contributed by atoms with Gasteiger partial charge in [-0.05, 0) is 25.1 Å². The van der Waals surface area contributed by atoms with E-state index in [1.54, 1.807) is 0 Å². The lowest BCUT2D eigenvalue weighted by Crippen LogP contribution is -2.61. The van der Waals surface area contributed by atoms with Crippen LogP contribution in [0.3, 0.4) is 0 Å². The molecule has 29 heavy (non-hydrogen) atoms. The first-order valence-corrected chi connectivity index (χ1v) is 9.80. The second-order valence-corrected chi connectivity index (χ2v) is 8.66. The van der Waals surface area contributed by atoms with Crippen molar-refractivity contribution in [3.8, 4) is 0 Å². The first kappa shape index (κ1) is 20.6. The predicted molar refractivity (Wildman–Crippen MR) is 98.3 cm³/mol. The van der Waals surface area contributed by atoms with Crippen LogP contribution in [-0.2, 0) is 15.6 Å². The van der Waals surface area contributed by atoms with Crippen LogP contribution in [-0.4, -0.2) is 42.4 Å². The van der Waals surface area contributed by atoms with Crippen molar-refractivity contribution in [3.63, 3.8) is 0 Å². The lowest BCUT2D eigenvalue weighted by Gasteiger charge is -2.40. The number of carbonyl (C=O) groups is 1. The van der Waals surface area contributed by atoms with Crippen molar-refractivity contribution in [2.75, 3.05) is 18.1 Å². The maximum Gasteiger partial charge on any atom is 0.277 e. The number of aromatic nitrogens is 1. The van der Waals surface area contributed by atoms with E-state index in [2.05, 4.69) is 15.6 Å². The van der Waals surface area contributed by atoms with Gasteiger partial charge in [0, 0.05) is 24.4 Å². The van der Waals surface area contributed by atoms with Gasteiger partial charge in [0.05, 0.1) is 17.5 Å². The summed E-state index contributed by atoms with van der Waals surface area (Å²) in [7, 11) is -2.68. The average Bonchev–Trinajstić information content (AvgIpc) is 2.60. The number of halogens is 3. The Hall–Kier alpha value is -3.15. The van der Waals surface area contributed by atoms with Crippen molar-refractivity contribution in [1.82, 2.24) is 14.6 Å². The van der Waals surface area contributed by atoms with E-state index in [1.165, 1.54) is 26.1 Å². The van der Waals surface area contributed by atoms with E-state index in [9.17, 15) is 26.4 Å². The van der Waals surface area contributed by atoms with Gasteiger partial charge in [-0.25, -0.2) is 30.9 Å². The minimum absolute atomic E-state index is 0.0304. The Bertz CT molecular complexity index is 1130. The molecule has 0 bridgehead atoms. The molecule has 1 amide bonds. The summed E-state index contributed by atoms with van der Waals surface area (Å²) in [4.78, 5) is 15.6. The van der Waals surface area contributed by atoms with Gasteiger partial charge in [-0.2, -0.15) is 0 Å². The number of amides is 1. The number of carbonyl (C=O) groups excluding carboxylic acids is 1. The summed E-state index contributed by atoms with van der Waals surface area (Å²) >= 11 is 0. The van der Waals surface area contributed by atoms with Crippen LogP contribution in [0.1, 0.15) is 23.0 Å². The number of benzene rings is 1. The molecule has 8 nitrogen and oxygen atoms in total. The molecule has 3 rings (SSSR count). The van der Waals surface area contributed by atoms with Crippen molar-refractivity contribution < 1.29 is 26.4 Å². The Morgan fingerprint density at radius 3 is 2.59 bits per heavy atom. The maximum absolute atomic E-state index is 14.5. The lowest BCUT2D eigenvalue weighted by molar-refractivity contribution is 0.101. The summed E-state index contributed by atoms with van der Waals surface area (Å²) in [6.45, 7) is 1.40. The summed E-state index contributed by atoms with van der Waals surface area (Å²) in [5.41, 5.74) is -2.25. The Morgan fingerprint density at radius 1 is 1.28 bits per heavy atom. The third-order valence-corrected chi connectivity index (χ3v) is 6.40. The molecule has 1 aliphatic rings. The van der Waals surface area contributed by atoms with Gasteiger partial charge in [-0.3, -0.25) is 10.2 Å². The Balaban J connectivity index is 1.94. The molecule has 0 aliphatic carbocycles. The zero-order valence-corrected chi connectivity index (χ0v) is 16.1. The molecule has 1 saturated heterocycles. The van der Waals surface area contributed by atoms with Gasteiger partial charge in [0.2, 0.25) is 16.0 Å². The molecule has 1 aliphatic heterocycles. The van der Waals surface area contributed by atoms with Gasteiger partial charge < -0.3 is 10.6 Å². The van der Waals surface area contributed by atoms with Crippen LogP contribution >= 0.6 is 0 Å². The molecule has 0 spiro atoms. The van der Waals surface area contributed by atoms with Crippen molar-refractivity contribution in [2.24, 2.45) is 0 Å². The highest BCUT2D eigenvalue weighted by Gasteiger charge is 2.43. The lowest BCUT2D eigenvalue weighted by atomic mass is 9.93. The normalized spacial score (nSPS) is 20.9. The van der Waals surface area contributed by atoms with Gasteiger partial charge in [0.15, 0.2) is 11.5 Å². The van der Waals surface area contributed by atoms with Crippen molar-refractivity contribution >= 4 is 27.6 Å². The highest BCUT2D eigenvalue weighted by atomic mass is 32.2. The minimum Gasteiger partial charge on any atom is -0.345 e. The average molecular weight is 427 g/mol. The van der Waals surface area contributed by atoms with E-state index in [1.807, 2.05) is 0 Å². The summed E-state index contributed by atoms with van der Waals surface area (Å²) in [5.74, 6) is -4.87. The third kappa shape index (κ3) is 3.88. The Labute approximate surface area is 164 Å². The van der Waals surface area contributed by atoms with E-state index in [0.29, 0.717) is 12.3 Å². The summed E-state index contributed by atoms with van der Waals surface area (Å²) in [6, 6.07) is 3.87. The number of pyridine rings is 1. The second kappa shape index (κ2) is 7.03. The first-order valence-electron chi connectivity index (χ1n) is 8.19. The molecule has 154 valence electrons. The Kier molecular flexibility index (Phi) is 4.99. The SMILES string of the molecule is CN1C(=N)N[C@](C)(c2cc(NC(=O)c3ncc(F)cc3F)ccc2F)CS1(=O)=O. The highest BCUT2D eigenvalue weighted by Crippen LogP contribution is 2.31. The first-order chi connectivity index (χ1) is 13.4. The van der Waals surface area contributed by atoms with Crippen LogP contribution in [0, 0.1) is 22.9 Å². The number of hydrogen-bond donors (Lipinski definition) is 3. The smallest absolute Gasteiger partial charge is 0.277 e. The molecular weight excluding hydrogens is 411 g/mol. The molecule has 0 radical (unpaired) electrons. The molecule has 1 fully saturated rings.